The molecular formula is C13H15N5O3. The molecule has 8 nitrogen and oxygen atoms in total. The van der Waals surface area contributed by atoms with Crippen LogP contribution >= 0.6 is 0 Å². The van der Waals surface area contributed by atoms with E-state index in [1.165, 1.54) is 0 Å². The van der Waals surface area contributed by atoms with Crippen LogP contribution in [0.5, 0.6) is 0 Å². The molecule has 0 aromatic carbocycles. The van der Waals surface area contributed by atoms with Gasteiger partial charge in [-0.1, -0.05) is 11.8 Å². The molecule has 2 heterocycles. The van der Waals surface area contributed by atoms with E-state index in [9.17, 15) is 9.59 Å². The van der Waals surface area contributed by atoms with Gasteiger partial charge in [0.05, 0.1) is 17.5 Å². The van der Waals surface area contributed by atoms with Crippen LogP contribution in [0, 0.1) is 11.8 Å². The lowest BCUT2D eigenvalue weighted by molar-refractivity contribution is 0.196. The normalized spacial score (nSPS) is 10.4. The maximum atomic E-state index is 12.0. The van der Waals surface area contributed by atoms with Crippen LogP contribution < -0.4 is 16.6 Å². The molecule has 0 aliphatic rings. The number of nitrogens with one attached hydrogen (secondary N) is 2. The van der Waals surface area contributed by atoms with E-state index in [2.05, 4.69) is 27.1 Å². The summed E-state index contributed by atoms with van der Waals surface area (Å²) in [5.74, 6) is 5.47. The molecule has 0 fully saturated rings. The van der Waals surface area contributed by atoms with Crippen LogP contribution in [-0.2, 0) is 0 Å². The highest BCUT2D eigenvalue weighted by molar-refractivity contribution is 5.83. The number of nitrogens with zero attached hydrogens (tertiary/aromatic N) is 2. The standard InChI is InChI=1S/C13H15N5O3/c1-7(2)18-6-8(4-3-5-15-13(20)21)9-10(18)16-12(14)17-11(9)19/h6-7,15H,5H2,1-2H3,(H,20,21)(H3,14,16,17,19). The van der Waals surface area contributed by atoms with Crippen molar-refractivity contribution in [2.24, 2.45) is 0 Å². The zero-order chi connectivity index (χ0) is 15.6. The number of hydrogen-bond acceptors (Lipinski definition) is 4. The smallest absolute Gasteiger partial charge is 0.405 e. The van der Waals surface area contributed by atoms with E-state index in [-0.39, 0.29) is 24.1 Å². The quantitative estimate of drug-likeness (QED) is 0.599. The van der Waals surface area contributed by atoms with Crippen LogP contribution in [0.4, 0.5) is 10.7 Å². The van der Waals surface area contributed by atoms with Crippen molar-refractivity contribution < 1.29 is 9.90 Å². The summed E-state index contributed by atoms with van der Waals surface area (Å²) < 4.78 is 1.80. The van der Waals surface area contributed by atoms with Crippen LogP contribution in [0.15, 0.2) is 11.0 Å². The average molecular weight is 289 g/mol. The molecule has 110 valence electrons. The number of carbonyl (C=O) groups is 1. The van der Waals surface area contributed by atoms with Gasteiger partial charge in [0, 0.05) is 12.2 Å². The highest BCUT2D eigenvalue weighted by atomic mass is 16.4. The first-order valence-corrected chi connectivity index (χ1v) is 6.26. The molecule has 0 aliphatic heterocycles. The first kappa shape index (κ1) is 14.5. The lowest BCUT2D eigenvalue weighted by Crippen LogP contribution is -2.20. The predicted molar refractivity (Wildman–Crippen MR) is 78.1 cm³/mol. The van der Waals surface area contributed by atoms with Crippen LogP contribution in [0.2, 0.25) is 0 Å². The predicted octanol–water partition coefficient (Wildman–Crippen LogP) is 0.507. The number of hydrogen-bond donors (Lipinski definition) is 4. The van der Waals surface area contributed by atoms with Gasteiger partial charge in [-0.05, 0) is 13.8 Å². The molecule has 0 bridgehead atoms. The third kappa shape index (κ3) is 2.97. The van der Waals surface area contributed by atoms with Crippen molar-refractivity contribution in [3.05, 3.63) is 22.1 Å². The maximum Gasteiger partial charge on any atom is 0.405 e. The monoisotopic (exact) mass is 289 g/mol. The van der Waals surface area contributed by atoms with Crippen molar-refractivity contribution >= 4 is 23.1 Å². The summed E-state index contributed by atoms with van der Waals surface area (Å²) in [6, 6.07) is 0.0777. The minimum Gasteiger partial charge on any atom is -0.465 e. The number of aromatic nitrogens is 3. The summed E-state index contributed by atoms with van der Waals surface area (Å²) in [5.41, 5.74) is 6.14. The zero-order valence-electron chi connectivity index (χ0n) is 11.6. The Morgan fingerprint density at radius 1 is 1.62 bits per heavy atom. The summed E-state index contributed by atoms with van der Waals surface area (Å²) in [7, 11) is 0. The van der Waals surface area contributed by atoms with Crippen molar-refractivity contribution in [1.29, 1.82) is 0 Å². The first-order valence-electron chi connectivity index (χ1n) is 6.26. The second-order valence-electron chi connectivity index (χ2n) is 4.65. The summed E-state index contributed by atoms with van der Waals surface area (Å²) in [4.78, 5) is 29.0. The van der Waals surface area contributed by atoms with Crippen LogP contribution in [-0.4, -0.2) is 32.3 Å². The van der Waals surface area contributed by atoms with Gasteiger partial charge in [0.1, 0.15) is 0 Å². The lowest BCUT2D eigenvalue weighted by atomic mass is 10.2. The van der Waals surface area contributed by atoms with Gasteiger partial charge in [-0.3, -0.25) is 9.78 Å². The molecule has 2 aromatic rings. The molecule has 5 N–H and O–H groups in total. The molecule has 0 radical (unpaired) electrons. The van der Waals surface area contributed by atoms with E-state index in [1.807, 2.05) is 13.8 Å². The summed E-state index contributed by atoms with van der Waals surface area (Å²) in [6.45, 7) is 3.87. The van der Waals surface area contributed by atoms with E-state index in [1.54, 1.807) is 10.8 Å². The molecule has 1 amide bonds. The molecule has 2 aromatic heterocycles. The van der Waals surface area contributed by atoms with E-state index >= 15 is 0 Å². The van der Waals surface area contributed by atoms with Gasteiger partial charge in [-0.25, -0.2) is 4.79 Å². The number of nitrogens with two attached hydrogens (primary N) is 1. The summed E-state index contributed by atoms with van der Waals surface area (Å²) >= 11 is 0. The second kappa shape index (κ2) is 5.58. The highest BCUT2D eigenvalue weighted by Gasteiger charge is 2.14. The lowest BCUT2D eigenvalue weighted by Gasteiger charge is -2.07. The number of fused-ring (bicyclic) bond motifs is 1. The molecule has 2 rings (SSSR count). The SMILES string of the molecule is CC(C)n1cc(C#CCNC(=O)O)c2c(=O)[nH]c(N)nc21. The Hall–Kier alpha value is -2.95. The molecule has 21 heavy (non-hydrogen) atoms. The molecule has 0 unspecified atom stereocenters. The van der Waals surface area contributed by atoms with Gasteiger partial charge in [-0.15, -0.1) is 0 Å². The highest BCUT2D eigenvalue weighted by Crippen LogP contribution is 2.19. The Bertz CT molecular complexity index is 807. The second-order valence-corrected chi connectivity index (χ2v) is 4.65. The zero-order valence-corrected chi connectivity index (χ0v) is 11.6. The van der Waals surface area contributed by atoms with Crippen molar-refractivity contribution in [3.63, 3.8) is 0 Å². The number of nitrogen functional groups attached to an aromatic ring is 1. The third-order valence-electron chi connectivity index (χ3n) is 2.81. The summed E-state index contributed by atoms with van der Waals surface area (Å²) in [6.07, 6.45) is 0.561. The largest absolute Gasteiger partial charge is 0.465 e. The van der Waals surface area contributed by atoms with E-state index < -0.39 is 6.09 Å². The Kier molecular flexibility index (Phi) is 3.84. The number of anilines is 1. The Morgan fingerprint density at radius 2 is 2.33 bits per heavy atom. The molecular weight excluding hydrogens is 274 g/mol. The number of H-pyrrole nitrogens is 1. The fourth-order valence-electron chi connectivity index (χ4n) is 1.92. The fourth-order valence-corrected chi connectivity index (χ4v) is 1.92. The van der Waals surface area contributed by atoms with Gasteiger partial charge in [0.25, 0.3) is 5.56 Å². The maximum absolute atomic E-state index is 12.0. The minimum absolute atomic E-state index is 0.0238. The molecule has 0 saturated heterocycles. The van der Waals surface area contributed by atoms with Gasteiger partial charge < -0.3 is 20.7 Å². The third-order valence-corrected chi connectivity index (χ3v) is 2.81. The van der Waals surface area contributed by atoms with Gasteiger partial charge >= 0.3 is 6.09 Å². The van der Waals surface area contributed by atoms with E-state index in [0.29, 0.717) is 16.6 Å². The van der Waals surface area contributed by atoms with Crippen LogP contribution in [0.1, 0.15) is 25.5 Å². The van der Waals surface area contributed by atoms with Crippen LogP contribution in [0.25, 0.3) is 11.0 Å². The average Bonchev–Trinajstić information content (AvgIpc) is 2.73. The number of carboxylic acid groups (broad SMARTS) is 1. The molecule has 0 spiro atoms. The van der Waals surface area contributed by atoms with Gasteiger partial charge in [-0.2, -0.15) is 4.98 Å². The van der Waals surface area contributed by atoms with Crippen molar-refractivity contribution in [2.75, 3.05) is 12.3 Å². The van der Waals surface area contributed by atoms with Gasteiger partial charge in [0.2, 0.25) is 5.95 Å². The molecule has 0 saturated carbocycles. The molecule has 0 atom stereocenters. The van der Waals surface area contributed by atoms with Crippen molar-refractivity contribution in [2.45, 2.75) is 19.9 Å². The first-order chi connectivity index (χ1) is 9.90. The van der Waals surface area contributed by atoms with Crippen LogP contribution in [0.3, 0.4) is 0 Å². The fraction of sp³-hybridized carbons (Fsp3) is 0.308. The van der Waals surface area contributed by atoms with Crippen molar-refractivity contribution in [3.8, 4) is 11.8 Å². The van der Waals surface area contributed by atoms with Crippen molar-refractivity contribution in [1.82, 2.24) is 19.9 Å². The van der Waals surface area contributed by atoms with E-state index in [4.69, 9.17) is 10.8 Å². The molecule has 8 heteroatoms. The van der Waals surface area contributed by atoms with Gasteiger partial charge in [0.15, 0.2) is 5.65 Å². The Balaban J connectivity index is 2.54. The Morgan fingerprint density at radius 3 is 2.95 bits per heavy atom. The number of amides is 1. The molecule has 0 aliphatic carbocycles. The number of aromatic amines is 1. The number of rotatable bonds is 2. The minimum atomic E-state index is -1.15. The van der Waals surface area contributed by atoms with E-state index in [0.717, 1.165) is 0 Å². The Labute approximate surface area is 120 Å². The topological polar surface area (TPSA) is 126 Å². The summed E-state index contributed by atoms with van der Waals surface area (Å²) in [5, 5.41) is 11.0.